The first-order chi connectivity index (χ1) is 18.6. The third-order valence-electron chi connectivity index (χ3n) is 5.67. The maximum atomic E-state index is 12.4. The fraction of sp³-hybridized carbons (Fsp3) is 0.440. The summed E-state index contributed by atoms with van der Waals surface area (Å²) in [7, 11) is 0. The molecule has 0 atom stereocenters. The van der Waals surface area contributed by atoms with Crippen LogP contribution in [0, 0.1) is 5.92 Å². The van der Waals surface area contributed by atoms with Gasteiger partial charge in [0.05, 0.1) is 18.3 Å². The molecule has 3 aromatic rings. The van der Waals surface area contributed by atoms with Gasteiger partial charge in [-0.2, -0.15) is 5.10 Å². The second kappa shape index (κ2) is 14.3. The van der Waals surface area contributed by atoms with Crippen molar-refractivity contribution in [2.24, 2.45) is 5.92 Å². The molecule has 0 radical (unpaired) electrons. The van der Waals surface area contributed by atoms with Crippen LogP contribution in [0.4, 0.5) is 19.0 Å². The summed E-state index contributed by atoms with van der Waals surface area (Å²) in [6, 6.07) is 8.50. The van der Waals surface area contributed by atoms with Crippen LogP contribution in [0.15, 0.2) is 42.6 Å². The van der Waals surface area contributed by atoms with Gasteiger partial charge in [-0.3, -0.25) is 14.3 Å². The lowest BCUT2D eigenvalue weighted by Crippen LogP contribution is -2.18. The number of alkyl halides is 3. The van der Waals surface area contributed by atoms with Crippen LogP contribution < -0.4 is 10.1 Å². The number of nitrogens with zero attached hydrogens (tertiary/aromatic N) is 5. The van der Waals surface area contributed by atoms with E-state index in [0.717, 1.165) is 25.0 Å². The third kappa shape index (κ3) is 10.4. The van der Waals surface area contributed by atoms with Gasteiger partial charge >= 0.3 is 6.36 Å². The molecule has 0 spiro atoms. The van der Waals surface area contributed by atoms with Crippen molar-refractivity contribution in [1.29, 1.82) is 0 Å². The summed E-state index contributed by atoms with van der Waals surface area (Å²) < 4.78 is 42.6. The number of nitrogens with one attached hydrogen (secondary N) is 1. The number of carbonyl (C=O) groups is 2. The van der Waals surface area contributed by atoms with Gasteiger partial charge < -0.3 is 20.3 Å². The fourth-order valence-electron chi connectivity index (χ4n) is 3.60. The third-order valence-corrected chi connectivity index (χ3v) is 5.67. The molecule has 2 aromatic heterocycles. The number of benzene rings is 1. The number of carbonyl (C=O) groups excluding carboxylic acids is 2. The molecule has 3 N–H and O–H groups in total. The van der Waals surface area contributed by atoms with E-state index in [1.165, 1.54) is 12.1 Å². The number of Topliss-reactive ketones (excluding diaryl/α,β-unsaturated/α-hetero) is 1. The number of halogens is 3. The number of ether oxygens (including phenoxy) is 1. The van der Waals surface area contributed by atoms with Gasteiger partial charge in [0.15, 0.2) is 11.6 Å². The molecule has 0 aliphatic heterocycles. The van der Waals surface area contributed by atoms with Crippen molar-refractivity contribution in [1.82, 2.24) is 25.2 Å². The Hall–Kier alpha value is -3.91. The fourth-order valence-corrected chi connectivity index (χ4v) is 3.60. The number of hydrogen-bond donors (Lipinski definition) is 3. The van der Waals surface area contributed by atoms with Crippen LogP contribution in [-0.4, -0.2) is 66.7 Å². The number of anilines is 1. The van der Waals surface area contributed by atoms with E-state index in [2.05, 4.69) is 30.6 Å². The van der Waals surface area contributed by atoms with Crippen LogP contribution in [0.2, 0.25) is 0 Å². The van der Waals surface area contributed by atoms with Crippen molar-refractivity contribution in [2.45, 2.75) is 51.4 Å². The number of aromatic nitrogens is 5. The van der Waals surface area contributed by atoms with E-state index in [0.29, 0.717) is 30.6 Å². The van der Waals surface area contributed by atoms with Crippen LogP contribution >= 0.6 is 0 Å². The molecule has 3 rings (SSSR count). The average Bonchev–Trinajstić information content (AvgIpc) is 3.36. The zero-order valence-corrected chi connectivity index (χ0v) is 21.0. The molecule has 39 heavy (non-hydrogen) atoms. The molecule has 11 nitrogen and oxygen atoms in total. The molecule has 0 unspecified atom stereocenters. The predicted molar refractivity (Wildman–Crippen MR) is 132 cm³/mol. The lowest BCUT2D eigenvalue weighted by atomic mass is 10.0. The number of amides is 1. The van der Waals surface area contributed by atoms with Crippen LogP contribution in [0.5, 0.6) is 5.75 Å². The molecule has 0 aliphatic rings. The van der Waals surface area contributed by atoms with Crippen LogP contribution in [0.3, 0.4) is 0 Å². The highest BCUT2D eigenvalue weighted by Crippen LogP contribution is 2.23. The minimum Gasteiger partial charge on any atom is -0.406 e. The Morgan fingerprint density at radius 2 is 1.85 bits per heavy atom. The Labute approximate surface area is 222 Å². The predicted octanol–water partition coefficient (Wildman–Crippen LogP) is 2.73. The van der Waals surface area contributed by atoms with Gasteiger partial charge in [0.25, 0.3) is 0 Å². The quantitative estimate of drug-likeness (QED) is 0.192. The van der Waals surface area contributed by atoms with E-state index < -0.39 is 18.0 Å². The normalized spacial score (nSPS) is 11.5. The van der Waals surface area contributed by atoms with Crippen molar-refractivity contribution in [3.8, 4) is 5.75 Å². The Morgan fingerprint density at radius 3 is 2.54 bits per heavy atom. The summed E-state index contributed by atoms with van der Waals surface area (Å²) in [5.74, 6) is -1.17. The number of ketones is 1. The Kier molecular flexibility index (Phi) is 10.9. The number of rotatable bonds is 15. The summed E-state index contributed by atoms with van der Waals surface area (Å²) in [5.41, 5.74) is 1.30. The minimum atomic E-state index is -4.81. The van der Waals surface area contributed by atoms with Crippen molar-refractivity contribution >= 4 is 17.5 Å². The Bertz CT molecular complexity index is 1220. The van der Waals surface area contributed by atoms with E-state index in [4.69, 9.17) is 10.2 Å². The maximum Gasteiger partial charge on any atom is 0.573 e. The van der Waals surface area contributed by atoms with Gasteiger partial charge in [0.2, 0.25) is 5.91 Å². The van der Waals surface area contributed by atoms with E-state index >= 15 is 0 Å². The van der Waals surface area contributed by atoms with E-state index in [-0.39, 0.29) is 49.3 Å². The van der Waals surface area contributed by atoms with Crippen LogP contribution in [0.1, 0.15) is 47.4 Å². The molecule has 0 saturated heterocycles. The zero-order chi connectivity index (χ0) is 28.3. The Balaban J connectivity index is 1.38. The second-order valence-corrected chi connectivity index (χ2v) is 8.85. The van der Waals surface area contributed by atoms with Gasteiger partial charge in [-0.05, 0) is 55.5 Å². The number of unbranched alkanes of at least 4 members (excludes halogenated alkanes) is 1. The van der Waals surface area contributed by atoms with Crippen molar-refractivity contribution in [3.63, 3.8) is 0 Å². The zero-order valence-electron chi connectivity index (χ0n) is 21.0. The highest BCUT2D eigenvalue weighted by atomic mass is 19.4. The molecule has 0 aliphatic carbocycles. The molecule has 0 saturated carbocycles. The molecule has 1 amide bonds. The summed E-state index contributed by atoms with van der Waals surface area (Å²) >= 11 is 0. The topological polar surface area (TPSA) is 152 Å². The number of aliphatic hydroxyl groups excluding tert-OH is 2. The summed E-state index contributed by atoms with van der Waals surface area (Å²) in [6.45, 7) is 0.188. The largest absolute Gasteiger partial charge is 0.573 e. The van der Waals surface area contributed by atoms with E-state index in [1.54, 1.807) is 23.0 Å². The van der Waals surface area contributed by atoms with Crippen molar-refractivity contribution in [3.05, 3.63) is 59.5 Å². The van der Waals surface area contributed by atoms with Gasteiger partial charge in [0, 0.05) is 32.1 Å². The molecular weight excluding hydrogens is 521 g/mol. The molecule has 210 valence electrons. The van der Waals surface area contributed by atoms with Crippen LogP contribution in [-0.2, 0) is 24.2 Å². The smallest absolute Gasteiger partial charge is 0.406 e. The molecule has 1 aromatic carbocycles. The second-order valence-electron chi connectivity index (χ2n) is 8.85. The van der Waals surface area contributed by atoms with Crippen molar-refractivity contribution < 1.29 is 37.7 Å². The minimum absolute atomic E-state index is 0.167. The first-order valence-electron chi connectivity index (χ1n) is 12.3. The highest BCUT2D eigenvalue weighted by molar-refractivity contribution is 5.93. The Morgan fingerprint density at radius 1 is 1.05 bits per heavy atom. The monoisotopic (exact) mass is 550 g/mol. The highest BCUT2D eigenvalue weighted by Gasteiger charge is 2.31. The average molecular weight is 551 g/mol. The molecule has 0 fully saturated rings. The van der Waals surface area contributed by atoms with Crippen LogP contribution in [0.25, 0.3) is 0 Å². The van der Waals surface area contributed by atoms with Gasteiger partial charge in [-0.15, -0.1) is 23.4 Å². The maximum absolute atomic E-state index is 12.4. The standard InChI is InChI=1S/C25H29F3N6O5/c26-25(27,28)39-20-6-3-4-17(12-20)13-24(38)29-23-10-8-19(30-32-23)5-1-2-11-34-14-21(31-33-34)22(37)9-7-18(15-35)16-36/h3-4,6,8,10,12,14,18,35-36H,1-2,5,7,9,11,13,15-16H2,(H,29,32,38). The summed E-state index contributed by atoms with van der Waals surface area (Å²) in [5, 5.41) is 36.7. The van der Waals surface area contributed by atoms with Crippen molar-refractivity contribution in [2.75, 3.05) is 18.5 Å². The molecule has 0 bridgehead atoms. The molecule has 14 heteroatoms. The van der Waals surface area contributed by atoms with E-state index in [9.17, 15) is 22.8 Å². The summed E-state index contributed by atoms with van der Waals surface area (Å²) in [4.78, 5) is 24.4. The number of aryl methyl sites for hydroxylation is 2. The lowest BCUT2D eigenvalue weighted by molar-refractivity contribution is -0.274. The first-order valence-corrected chi connectivity index (χ1v) is 12.3. The molecule has 2 heterocycles. The van der Waals surface area contributed by atoms with Gasteiger partial charge in [-0.1, -0.05) is 17.3 Å². The SMILES string of the molecule is O=C(Cc1cccc(OC(F)(F)F)c1)Nc1ccc(CCCCn2cc(C(=O)CCC(CO)CO)nn2)nn1. The lowest BCUT2D eigenvalue weighted by Gasteiger charge is -2.10. The first kappa shape index (κ1) is 29.6. The van der Waals surface area contributed by atoms with Gasteiger partial charge in [0.1, 0.15) is 11.4 Å². The summed E-state index contributed by atoms with van der Waals surface area (Å²) in [6.07, 6.45) is -0.740. The number of aliphatic hydroxyl groups is 2. The van der Waals surface area contributed by atoms with Gasteiger partial charge in [-0.25, -0.2) is 0 Å². The van der Waals surface area contributed by atoms with E-state index in [1.807, 2.05) is 0 Å². The number of hydrogen-bond acceptors (Lipinski definition) is 9. The molecular formula is C25H29F3N6O5.